The Labute approximate surface area is 119 Å². The quantitative estimate of drug-likeness (QED) is 0.830. The molecule has 0 atom stereocenters. The van der Waals surface area contributed by atoms with E-state index in [1.165, 1.54) is 6.07 Å². The SMILES string of the molecule is Cc1ccc(CNC(=O)CN(C)C(C)(C)CO)cc1F. The van der Waals surface area contributed by atoms with E-state index in [2.05, 4.69) is 5.32 Å². The molecule has 1 rings (SSSR count). The fraction of sp³-hybridized carbons (Fsp3) is 0.533. The zero-order chi connectivity index (χ0) is 15.3. The second kappa shape index (κ2) is 6.81. The standard InChI is InChI=1S/C15H23FN2O2/c1-11-5-6-12(7-13(11)16)8-17-14(20)9-18(4)15(2,3)10-19/h5-7,19H,8-10H2,1-4H3,(H,17,20). The summed E-state index contributed by atoms with van der Waals surface area (Å²) in [5.74, 6) is -0.426. The van der Waals surface area contributed by atoms with Crippen molar-refractivity contribution < 1.29 is 14.3 Å². The molecule has 0 aliphatic carbocycles. The van der Waals surface area contributed by atoms with Crippen LogP contribution in [0.4, 0.5) is 4.39 Å². The molecule has 112 valence electrons. The maximum absolute atomic E-state index is 13.4. The van der Waals surface area contributed by atoms with E-state index in [1.807, 2.05) is 13.8 Å². The van der Waals surface area contributed by atoms with Gasteiger partial charge in [-0.05, 0) is 45.0 Å². The lowest BCUT2D eigenvalue weighted by Gasteiger charge is -2.33. The first-order chi connectivity index (χ1) is 9.26. The van der Waals surface area contributed by atoms with E-state index in [-0.39, 0.29) is 24.9 Å². The Morgan fingerprint density at radius 3 is 2.65 bits per heavy atom. The van der Waals surface area contributed by atoms with E-state index in [0.717, 1.165) is 5.56 Å². The second-order valence-corrected chi connectivity index (χ2v) is 5.69. The highest BCUT2D eigenvalue weighted by molar-refractivity contribution is 5.78. The fourth-order valence-electron chi connectivity index (χ4n) is 1.55. The Morgan fingerprint density at radius 1 is 1.45 bits per heavy atom. The van der Waals surface area contributed by atoms with E-state index in [1.54, 1.807) is 31.0 Å². The summed E-state index contributed by atoms with van der Waals surface area (Å²) in [6, 6.07) is 4.91. The van der Waals surface area contributed by atoms with Crippen molar-refractivity contribution in [2.24, 2.45) is 0 Å². The van der Waals surface area contributed by atoms with Gasteiger partial charge < -0.3 is 10.4 Å². The summed E-state index contributed by atoms with van der Waals surface area (Å²) in [4.78, 5) is 13.6. The monoisotopic (exact) mass is 282 g/mol. The van der Waals surface area contributed by atoms with Crippen LogP contribution >= 0.6 is 0 Å². The Morgan fingerprint density at radius 2 is 2.10 bits per heavy atom. The van der Waals surface area contributed by atoms with Gasteiger partial charge in [0.25, 0.3) is 0 Å². The molecule has 1 amide bonds. The van der Waals surface area contributed by atoms with Gasteiger partial charge in [0.05, 0.1) is 13.2 Å². The molecule has 20 heavy (non-hydrogen) atoms. The van der Waals surface area contributed by atoms with E-state index >= 15 is 0 Å². The van der Waals surface area contributed by atoms with Crippen molar-refractivity contribution in [3.8, 4) is 0 Å². The molecule has 0 aliphatic rings. The van der Waals surface area contributed by atoms with Crippen LogP contribution in [0, 0.1) is 12.7 Å². The van der Waals surface area contributed by atoms with Crippen molar-refractivity contribution in [2.75, 3.05) is 20.2 Å². The fourth-order valence-corrected chi connectivity index (χ4v) is 1.55. The van der Waals surface area contributed by atoms with Gasteiger partial charge in [-0.25, -0.2) is 4.39 Å². The predicted molar refractivity (Wildman–Crippen MR) is 76.8 cm³/mol. The first-order valence-corrected chi connectivity index (χ1v) is 6.60. The van der Waals surface area contributed by atoms with Crippen LogP contribution < -0.4 is 5.32 Å². The highest BCUT2D eigenvalue weighted by atomic mass is 19.1. The molecule has 0 saturated heterocycles. The molecule has 0 unspecified atom stereocenters. The van der Waals surface area contributed by atoms with E-state index in [9.17, 15) is 14.3 Å². The number of halogens is 1. The Bertz CT molecular complexity index is 475. The average molecular weight is 282 g/mol. The molecule has 0 aromatic heterocycles. The van der Waals surface area contributed by atoms with Crippen LogP contribution in [0.5, 0.6) is 0 Å². The molecule has 1 aromatic carbocycles. The van der Waals surface area contributed by atoms with Crippen LogP contribution in [-0.2, 0) is 11.3 Å². The van der Waals surface area contributed by atoms with Gasteiger partial charge in [-0.15, -0.1) is 0 Å². The van der Waals surface area contributed by atoms with Crippen molar-refractivity contribution >= 4 is 5.91 Å². The van der Waals surface area contributed by atoms with Gasteiger partial charge >= 0.3 is 0 Å². The molecule has 0 heterocycles. The number of nitrogens with zero attached hydrogens (tertiary/aromatic N) is 1. The number of carbonyl (C=O) groups excluding carboxylic acids is 1. The smallest absolute Gasteiger partial charge is 0.234 e. The minimum atomic E-state index is -0.451. The molecule has 2 N–H and O–H groups in total. The lowest BCUT2D eigenvalue weighted by atomic mass is 10.1. The summed E-state index contributed by atoms with van der Waals surface area (Å²) in [5.41, 5.74) is 0.864. The number of aryl methyl sites for hydroxylation is 1. The number of hydrogen-bond acceptors (Lipinski definition) is 3. The Kier molecular flexibility index (Phi) is 5.65. The van der Waals surface area contributed by atoms with E-state index in [4.69, 9.17) is 0 Å². The van der Waals surface area contributed by atoms with Crippen LogP contribution in [0.15, 0.2) is 18.2 Å². The molecule has 0 bridgehead atoms. The Hall–Kier alpha value is -1.46. The normalized spacial score (nSPS) is 11.8. The summed E-state index contributed by atoms with van der Waals surface area (Å²) in [6.45, 7) is 5.86. The van der Waals surface area contributed by atoms with Gasteiger partial charge in [-0.3, -0.25) is 9.69 Å². The lowest BCUT2D eigenvalue weighted by molar-refractivity contribution is -0.123. The number of benzene rings is 1. The average Bonchev–Trinajstić information content (AvgIpc) is 2.40. The van der Waals surface area contributed by atoms with Gasteiger partial charge in [-0.1, -0.05) is 12.1 Å². The lowest BCUT2D eigenvalue weighted by Crippen LogP contribution is -2.48. The third-order valence-corrected chi connectivity index (χ3v) is 3.53. The molecule has 0 fully saturated rings. The van der Waals surface area contributed by atoms with Crippen LogP contribution in [0.25, 0.3) is 0 Å². The van der Waals surface area contributed by atoms with Crippen LogP contribution in [-0.4, -0.2) is 41.7 Å². The van der Waals surface area contributed by atoms with Crippen LogP contribution in [0.1, 0.15) is 25.0 Å². The topological polar surface area (TPSA) is 52.6 Å². The molecule has 5 heteroatoms. The first-order valence-electron chi connectivity index (χ1n) is 6.60. The second-order valence-electron chi connectivity index (χ2n) is 5.69. The maximum atomic E-state index is 13.4. The minimum absolute atomic E-state index is 0.0278. The highest BCUT2D eigenvalue weighted by Crippen LogP contribution is 2.11. The van der Waals surface area contributed by atoms with Crippen molar-refractivity contribution in [1.29, 1.82) is 0 Å². The zero-order valence-corrected chi connectivity index (χ0v) is 12.5. The summed E-state index contributed by atoms with van der Waals surface area (Å²) < 4.78 is 13.4. The Balaban J connectivity index is 2.49. The van der Waals surface area contributed by atoms with Gasteiger partial charge in [0.1, 0.15) is 5.82 Å². The summed E-state index contributed by atoms with van der Waals surface area (Å²) in [6.07, 6.45) is 0. The number of nitrogens with one attached hydrogen (secondary N) is 1. The van der Waals surface area contributed by atoms with Crippen molar-refractivity contribution in [3.63, 3.8) is 0 Å². The van der Waals surface area contributed by atoms with Crippen molar-refractivity contribution in [1.82, 2.24) is 10.2 Å². The number of aliphatic hydroxyl groups excluding tert-OH is 1. The van der Waals surface area contributed by atoms with Crippen molar-refractivity contribution in [2.45, 2.75) is 32.9 Å². The van der Waals surface area contributed by atoms with Gasteiger partial charge in [0.15, 0.2) is 0 Å². The van der Waals surface area contributed by atoms with Gasteiger partial charge in [0, 0.05) is 12.1 Å². The molecular weight excluding hydrogens is 259 g/mol. The summed E-state index contributed by atoms with van der Waals surface area (Å²) >= 11 is 0. The summed E-state index contributed by atoms with van der Waals surface area (Å²) in [5, 5.41) is 12.0. The molecular formula is C15H23FN2O2. The zero-order valence-electron chi connectivity index (χ0n) is 12.5. The van der Waals surface area contributed by atoms with E-state index < -0.39 is 5.54 Å². The summed E-state index contributed by atoms with van der Waals surface area (Å²) in [7, 11) is 1.78. The molecule has 0 spiro atoms. The third-order valence-electron chi connectivity index (χ3n) is 3.53. The number of likely N-dealkylation sites (N-methyl/N-ethyl adjacent to an activating group) is 1. The predicted octanol–water partition coefficient (Wildman–Crippen LogP) is 1.45. The first kappa shape index (κ1) is 16.6. The molecule has 4 nitrogen and oxygen atoms in total. The van der Waals surface area contributed by atoms with E-state index in [0.29, 0.717) is 12.1 Å². The highest BCUT2D eigenvalue weighted by Gasteiger charge is 2.23. The maximum Gasteiger partial charge on any atom is 0.234 e. The molecule has 0 aliphatic heterocycles. The van der Waals surface area contributed by atoms with Crippen LogP contribution in [0.3, 0.4) is 0 Å². The molecule has 0 radical (unpaired) electrons. The largest absolute Gasteiger partial charge is 0.394 e. The number of hydrogen-bond donors (Lipinski definition) is 2. The minimum Gasteiger partial charge on any atom is -0.394 e. The number of carbonyl (C=O) groups is 1. The number of rotatable bonds is 6. The molecule has 0 saturated carbocycles. The van der Waals surface area contributed by atoms with Crippen LogP contribution in [0.2, 0.25) is 0 Å². The van der Waals surface area contributed by atoms with Gasteiger partial charge in [-0.2, -0.15) is 0 Å². The van der Waals surface area contributed by atoms with Gasteiger partial charge in [0.2, 0.25) is 5.91 Å². The number of amides is 1. The third kappa shape index (κ3) is 4.58. The van der Waals surface area contributed by atoms with Crippen molar-refractivity contribution in [3.05, 3.63) is 35.1 Å². The molecule has 1 aromatic rings. The number of aliphatic hydroxyl groups is 1.